The second-order valence-electron chi connectivity index (χ2n) is 14.1. The Labute approximate surface area is 305 Å². The average Bonchev–Trinajstić information content (AvgIpc) is 3.69. The molecule has 51 heavy (non-hydrogen) atoms. The minimum atomic E-state index is -0.173. The second kappa shape index (κ2) is 13.4. The van der Waals surface area contributed by atoms with Crippen LogP contribution < -0.4 is 4.74 Å². The van der Waals surface area contributed by atoms with Crippen LogP contribution in [0.1, 0.15) is 44.4 Å². The summed E-state index contributed by atoms with van der Waals surface area (Å²) in [7, 11) is 0. The molecule has 0 unspecified atom stereocenters. The molecule has 8 aromatic rings. The van der Waals surface area contributed by atoms with Crippen molar-refractivity contribution < 1.29 is 4.74 Å². The molecule has 2 heterocycles. The van der Waals surface area contributed by atoms with Crippen LogP contribution in [0.25, 0.3) is 47.7 Å². The number of rotatable bonds is 10. The third-order valence-electron chi connectivity index (χ3n) is 10.4. The van der Waals surface area contributed by atoms with Crippen molar-refractivity contribution in [3.05, 3.63) is 174 Å². The maximum Gasteiger partial charge on any atom is 0.130 e. The largest absolute Gasteiger partial charge is 0.457 e. The fourth-order valence-electron chi connectivity index (χ4n) is 8.16. The fraction of sp³-hybridized carbons (Fsp3) is 0.167. The predicted octanol–water partition coefficient (Wildman–Crippen LogP) is 13.8. The summed E-state index contributed by atoms with van der Waals surface area (Å²) in [4.78, 5) is 0. The smallest absolute Gasteiger partial charge is 0.130 e. The Hall–Kier alpha value is -5.38. The summed E-state index contributed by atoms with van der Waals surface area (Å²) in [6.07, 6.45) is 4.81. The number of benzene rings is 6. The zero-order chi connectivity index (χ0) is 35.1. The minimum absolute atomic E-state index is 0.173. The van der Waals surface area contributed by atoms with E-state index in [4.69, 9.17) is 11.3 Å². The topological polar surface area (TPSA) is 14.2 Å². The van der Waals surface area contributed by atoms with Crippen LogP contribution in [-0.2, 0) is 19.3 Å². The van der Waals surface area contributed by atoms with Gasteiger partial charge < -0.3 is 9.30 Å². The monoisotopic (exact) mass is 681 g/mol. The Balaban J connectivity index is 1.19. The molecule has 0 atom stereocenters. The van der Waals surface area contributed by atoms with Crippen LogP contribution in [0.15, 0.2) is 157 Å². The number of thiophene rings is 1. The fourth-order valence-corrected chi connectivity index (χ4v) is 9.31. The van der Waals surface area contributed by atoms with E-state index in [-0.39, 0.29) is 5.41 Å². The number of nitrogens with zero attached hydrogens (tertiary/aromatic N) is 1. The maximum atomic E-state index is 6.58. The zero-order valence-corrected chi connectivity index (χ0v) is 30.7. The number of hydrogen-bond acceptors (Lipinski definition) is 2. The van der Waals surface area contributed by atoms with Gasteiger partial charge in [-0.05, 0) is 102 Å². The first-order chi connectivity index (χ1) is 24.9. The highest BCUT2D eigenvalue weighted by Crippen LogP contribution is 2.45. The van der Waals surface area contributed by atoms with E-state index in [1.165, 1.54) is 69.9 Å². The van der Waals surface area contributed by atoms with E-state index in [0.29, 0.717) is 0 Å². The molecule has 0 bridgehead atoms. The van der Waals surface area contributed by atoms with Crippen LogP contribution in [0.5, 0.6) is 11.5 Å². The maximum absolute atomic E-state index is 6.58. The molecule has 0 saturated heterocycles. The van der Waals surface area contributed by atoms with E-state index in [0.717, 1.165) is 36.3 Å². The van der Waals surface area contributed by atoms with Gasteiger partial charge in [-0.3, -0.25) is 0 Å². The van der Waals surface area contributed by atoms with Gasteiger partial charge in [0, 0.05) is 36.6 Å². The molecule has 0 aliphatic carbocycles. The average molecular weight is 682 g/mol. The lowest BCUT2D eigenvalue weighted by atomic mass is 9.74. The molecule has 0 aliphatic heterocycles. The van der Waals surface area contributed by atoms with Crippen molar-refractivity contribution in [2.45, 2.75) is 47.0 Å². The number of aromatic nitrogens is 1. The van der Waals surface area contributed by atoms with Gasteiger partial charge in [-0.1, -0.05) is 124 Å². The molecular formula is C48H43NOS. The first-order valence-electron chi connectivity index (χ1n) is 18.0. The van der Waals surface area contributed by atoms with E-state index in [1.807, 2.05) is 17.4 Å². The molecule has 0 amide bonds. The van der Waals surface area contributed by atoms with Crippen molar-refractivity contribution in [2.24, 2.45) is 5.41 Å². The molecule has 0 fully saturated rings. The normalized spacial score (nSPS) is 12.4. The van der Waals surface area contributed by atoms with Crippen LogP contribution in [0.3, 0.4) is 0 Å². The minimum Gasteiger partial charge on any atom is -0.457 e. The summed E-state index contributed by atoms with van der Waals surface area (Å²) in [5.41, 5.74) is 9.67. The van der Waals surface area contributed by atoms with Crippen molar-refractivity contribution >= 4 is 53.3 Å². The molecule has 0 saturated carbocycles. The van der Waals surface area contributed by atoms with Crippen molar-refractivity contribution in [1.29, 1.82) is 0 Å². The number of hydrogen-bond donors (Lipinski definition) is 0. The highest BCUT2D eigenvalue weighted by Gasteiger charge is 2.28. The lowest BCUT2D eigenvalue weighted by molar-refractivity contribution is 0.423. The Morgan fingerprint density at radius 2 is 1.33 bits per heavy atom. The highest BCUT2D eigenvalue weighted by atomic mass is 32.1. The molecule has 3 heteroatoms. The predicted molar refractivity (Wildman–Crippen MR) is 220 cm³/mol. The molecule has 0 N–H and O–H groups in total. The quantitative estimate of drug-likeness (QED) is 0.131. The molecule has 8 rings (SSSR count). The summed E-state index contributed by atoms with van der Waals surface area (Å²) >= 11 is 1.89. The number of para-hydroxylation sites is 4. The lowest BCUT2D eigenvalue weighted by Crippen LogP contribution is -2.20. The van der Waals surface area contributed by atoms with Crippen molar-refractivity contribution in [1.82, 2.24) is 4.57 Å². The van der Waals surface area contributed by atoms with Crippen molar-refractivity contribution in [2.75, 3.05) is 0 Å². The summed E-state index contributed by atoms with van der Waals surface area (Å²) in [5, 5.41) is 5.23. The van der Waals surface area contributed by atoms with E-state index >= 15 is 0 Å². The summed E-state index contributed by atoms with van der Waals surface area (Å²) < 4.78 is 11.7. The molecule has 0 spiro atoms. The second-order valence-corrected chi connectivity index (χ2v) is 15.2. The molecule has 2 aromatic heterocycles. The molecule has 0 aliphatic rings. The lowest BCUT2D eigenvalue weighted by Gasteiger charge is -2.31. The van der Waals surface area contributed by atoms with Crippen LogP contribution in [0.2, 0.25) is 0 Å². The van der Waals surface area contributed by atoms with Gasteiger partial charge in [-0.15, -0.1) is 11.3 Å². The number of fused-ring (bicyclic) bond motifs is 7. The number of allylic oxidation sites excluding steroid dienone is 3. The van der Waals surface area contributed by atoms with Crippen LogP contribution >= 0.6 is 11.3 Å². The van der Waals surface area contributed by atoms with Gasteiger partial charge in [0.15, 0.2) is 0 Å². The molecular weight excluding hydrogens is 639 g/mol. The van der Waals surface area contributed by atoms with E-state index in [2.05, 4.69) is 166 Å². The summed E-state index contributed by atoms with van der Waals surface area (Å²) in [5.74, 6) is 1.84. The third-order valence-corrected chi connectivity index (χ3v) is 11.5. The SMILES string of the molecule is C=C(Cc1cccc2sc3ccc4c5ccccc5n(-c5ccccc5)c4c3c12)/C(=C/C)C(C)(C)Cc1ccccc1Oc1ccccc1CC. The van der Waals surface area contributed by atoms with Gasteiger partial charge in [-0.25, -0.2) is 0 Å². The number of aryl methyl sites for hydroxylation is 1. The third kappa shape index (κ3) is 5.86. The Kier molecular flexibility index (Phi) is 8.61. The molecule has 2 nitrogen and oxygen atoms in total. The van der Waals surface area contributed by atoms with Crippen molar-refractivity contribution in [3.8, 4) is 17.2 Å². The molecule has 0 radical (unpaired) electrons. The zero-order valence-electron chi connectivity index (χ0n) is 29.9. The number of ether oxygens (including phenoxy) is 1. The van der Waals surface area contributed by atoms with Crippen LogP contribution in [0, 0.1) is 5.41 Å². The van der Waals surface area contributed by atoms with Gasteiger partial charge in [-0.2, -0.15) is 0 Å². The van der Waals surface area contributed by atoms with E-state index in [1.54, 1.807) is 0 Å². The van der Waals surface area contributed by atoms with Crippen LogP contribution in [0.4, 0.5) is 0 Å². The van der Waals surface area contributed by atoms with E-state index in [9.17, 15) is 0 Å². The molecule has 252 valence electrons. The van der Waals surface area contributed by atoms with Gasteiger partial charge in [0.05, 0.1) is 11.0 Å². The van der Waals surface area contributed by atoms with Gasteiger partial charge >= 0.3 is 0 Å². The van der Waals surface area contributed by atoms with E-state index < -0.39 is 0 Å². The van der Waals surface area contributed by atoms with Gasteiger partial charge in [0.25, 0.3) is 0 Å². The first-order valence-corrected chi connectivity index (χ1v) is 18.8. The van der Waals surface area contributed by atoms with Crippen molar-refractivity contribution in [3.63, 3.8) is 0 Å². The summed E-state index contributed by atoms with van der Waals surface area (Å²) in [6.45, 7) is 13.8. The Bertz CT molecular complexity index is 2600. The van der Waals surface area contributed by atoms with Gasteiger partial charge in [0.2, 0.25) is 0 Å². The Morgan fingerprint density at radius 3 is 2.10 bits per heavy atom. The van der Waals surface area contributed by atoms with Gasteiger partial charge in [0.1, 0.15) is 11.5 Å². The molecule has 6 aromatic carbocycles. The van der Waals surface area contributed by atoms with Crippen LogP contribution in [-0.4, -0.2) is 4.57 Å². The summed E-state index contributed by atoms with van der Waals surface area (Å²) in [6, 6.07) is 47.9. The first kappa shape index (κ1) is 32.8. The highest BCUT2D eigenvalue weighted by molar-refractivity contribution is 7.26. The standard InChI is InChI=1S/C48H43NOS/c1-6-33-18-11-15-25-41(33)50-42-26-16-12-19-35(42)31-48(4,5)39(7-2)32(3)30-34-20-17-27-43-45(34)46-44(51-43)29-28-38-37-23-13-14-24-40(37)49(47(38)46)36-21-9-8-10-22-36/h7-29H,3,6,30-31H2,1-2,4-5H3/b39-7-. The Morgan fingerprint density at radius 1 is 0.686 bits per heavy atom.